The number of aliphatic hydroxyl groups is 1. The van der Waals surface area contributed by atoms with E-state index in [0.29, 0.717) is 12.8 Å². The Bertz CT molecular complexity index is 355. The second kappa shape index (κ2) is 6.66. The van der Waals surface area contributed by atoms with Crippen LogP contribution in [0.2, 0.25) is 0 Å². The molecule has 0 heterocycles. The quantitative estimate of drug-likeness (QED) is 0.868. The smallest absolute Gasteiger partial charge is 0.220 e. The molecule has 1 unspecified atom stereocenters. The minimum Gasteiger partial charge on any atom is -0.394 e. The molecule has 4 heteroatoms. The van der Waals surface area contributed by atoms with Crippen LogP contribution >= 0.6 is 15.9 Å². The highest BCUT2D eigenvalue weighted by atomic mass is 79.9. The van der Waals surface area contributed by atoms with Crippen LogP contribution in [0.4, 0.5) is 0 Å². The molecule has 0 saturated carbocycles. The van der Waals surface area contributed by atoms with Crippen LogP contribution in [-0.4, -0.2) is 23.7 Å². The number of hydrogen-bond donors (Lipinski definition) is 2. The molecule has 0 bridgehead atoms. The lowest BCUT2D eigenvalue weighted by atomic mass is 10.1. The Morgan fingerprint density at radius 2 is 2.31 bits per heavy atom. The molecule has 1 rings (SSSR count). The fraction of sp³-hybridized carbons (Fsp3) is 0.417. The van der Waals surface area contributed by atoms with Crippen LogP contribution in [0, 0.1) is 0 Å². The standard InChI is InChI=1S/C12H16BrNO2/c1-9(8-15)14-12(16)6-5-10-3-2-4-11(13)7-10/h2-4,7,9,15H,5-6,8H2,1H3,(H,14,16). The number of aryl methyl sites for hydroxylation is 1. The van der Waals surface area contributed by atoms with Gasteiger partial charge in [-0.3, -0.25) is 4.79 Å². The largest absolute Gasteiger partial charge is 0.394 e. The molecule has 88 valence electrons. The van der Waals surface area contributed by atoms with Gasteiger partial charge in [0.2, 0.25) is 5.91 Å². The Morgan fingerprint density at radius 3 is 2.94 bits per heavy atom. The molecule has 0 aliphatic rings. The maximum Gasteiger partial charge on any atom is 0.220 e. The summed E-state index contributed by atoms with van der Waals surface area (Å²) in [5.74, 6) is -0.0264. The summed E-state index contributed by atoms with van der Waals surface area (Å²) in [7, 11) is 0. The number of rotatable bonds is 5. The molecule has 0 fully saturated rings. The third-order valence-electron chi connectivity index (χ3n) is 2.21. The van der Waals surface area contributed by atoms with Gasteiger partial charge in [0.05, 0.1) is 6.61 Å². The van der Waals surface area contributed by atoms with Gasteiger partial charge in [-0.2, -0.15) is 0 Å². The van der Waals surface area contributed by atoms with Gasteiger partial charge < -0.3 is 10.4 Å². The fourth-order valence-corrected chi connectivity index (χ4v) is 1.79. The van der Waals surface area contributed by atoms with Gasteiger partial charge in [-0.1, -0.05) is 28.1 Å². The topological polar surface area (TPSA) is 49.3 Å². The van der Waals surface area contributed by atoms with Gasteiger partial charge in [0.15, 0.2) is 0 Å². The highest BCUT2D eigenvalue weighted by Crippen LogP contribution is 2.12. The van der Waals surface area contributed by atoms with E-state index >= 15 is 0 Å². The molecule has 1 amide bonds. The molecule has 0 aliphatic heterocycles. The predicted octanol–water partition coefficient (Wildman–Crippen LogP) is 1.88. The first-order chi connectivity index (χ1) is 7.61. The highest BCUT2D eigenvalue weighted by Gasteiger charge is 2.06. The number of carbonyl (C=O) groups excluding carboxylic acids is 1. The maximum atomic E-state index is 11.4. The summed E-state index contributed by atoms with van der Waals surface area (Å²) in [6, 6.07) is 7.73. The molecule has 1 atom stereocenters. The van der Waals surface area contributed by atoms with E-state index in [1.165, 1.54) is 0 Å². The van der Waals surface area contributed by atoms with Crippen molar-refractivity contribution in [1.29, 1.82) is 0 Å². The van der Waals surface area contributed by atoms with Crippen molar-refractivity contribution in [2.75, 3.05) is 6.61 Å². The van der Waals surface area contributed by atoms with Crippen LogP contribution in [0.1, 0.15) is 18.9 Å². The fourth-order valence-electron chi connectivity index (χ4n) is 1.34. The highest BCUT2D eigenvalue weighted by molar-refractivity contribution is 9.10. The summed E-state index contributed by atoms with van der Waals surface area (Å²) in [5.41, 5.74) is 1.13. The van der Waals surface area contributed by atoms with Crippen molar-refractivity contribution in [2.45, 2.75) is 25.8 Å². The zero-order valence-corrected chi connectivity index (χ0v) is 10.8. The minimum absolute atomic E-state index is 0.0252. The van der Waals surface area contributed by atoms with E-state index in [2.05, 4.69) is 21.2 Å². The zero-order valence-electron chi connectivity index (χ0n) is 9.24. The van der Waals surface area contributed by atoms with Gasteiger partial charge in [-0.15, -0.1) is 0 Å². The van der Waals surface area contributed by atoms with Gasteiger partial charge in [-0.05, 0) is 31.0 Å². The second-order valence-electron chi connectivity index (χ2n) is 3.78. The molecular formula is C12H16BrNO2. The molecule has 3 nitrogen and oxygen atoms in total. The van der Waals surface area contributed by atoms with Crippen molar-refractivity contribution in [3.63, 3.8) is 0 Å². The van der Waals surface area contributed by atoms with Crippen molar-refractivity contribution >= 4 is 21.8 Å². The first-order valence-electron chi connectivity index (χ1n) is 5.26. The Hall–Kier alpha value is -0.870. The zero-order chi connectivity index (χ0) is 12.0. The molecule has 2 N–H and O–H groups in total. The summed E-state index contributed by atoms with van der Waals surface area (Å²) in [5, 5.41) is 11.5. The van der Waals surface area contributed by atoms with E-state index in [4.69, 9.17) is 5.11 Å². The lowest BCUT2D eigenvalue weighted by molar-refractivity contribution is -0.121. The lowest BCUT2D eigenvalue weighted by Gasteiger charge is -2.10. The summed E-state index contributed by atoms with van der Waals surface area (Å²) >= 11 is 3.39. The van der Waals surface area contributed by atoms with E-state index in [1.54, 1.807) is 6.92 Å². The number of benzene rings is 1. The van der Waals surface area contributed by atoms with E-state index in [1.807, 2.05) is 24.3 Å². The van der Waals surface area contributed by atoms with Crippen molar-refractivity contribution in [2.24, 2.45) is 0 Å². The van der Waals surface area contributed by atoms with E-state index < -0.39 is 0 Å². The second-order valence-corrected chi connectivity index (χ2v) is 4.70. The molecule has 0 radical (unpaired) electrons. The number of hydrogen-bond acceptors (Lipinski definition) is 2. The van der Waals surface area contributed by atoms with E-state index in [-0.39, 0.29) is 18.6 Å². The summed E-state index contributed by atoms with van der Waals surface area (Å²) in [4.78, 5) is 11.4. The third kappa shape index (κ3) is 4.77. The van der Waals surface area contributed by atoms with Crippen LogP contribution in [0.25, 0.3) is 0 Å². The van der Waals surface area contributed by atoms with Crippen molar-refractivity contribution < 1.29 is 9.90 Å². The normalized spacial score (nSPS) is 12.2. The molecule has 0 spiro atoms. The molecule has 0 aliphatic carbocycles. The number of nitrogens with one attached hydrogen (secondary N) is 1. The molecule has 0 aromatic heterocycles. The maximum absolute atomic E-state index is 11.4. The third-order valence-corrected chi connectivity index (χ3v) is 2.70. The van der Waals surface area contributed by atoms with Crippen molar-refractivity contribution in [3.05, 3.63) is 34.3 Å². The van der Waals surface area contributed by atoms with Crippen LogP contribution < -0.4 is 5.32 Å². The Labute approximate surface area is 104 Å². The lowest BCUT2D eigenvalue weighted by Crippen LogP contribution is -2.35. The van der Waals surface area contributed by atoms with E-state index in [0.717, 1.165) is 10.0 Å². The molecule has 0 saturated heterocycles. The van der Waals surface area contributed by atoms with Gasteiger partial charge in [0.1, 0.15) is 0 Å². The molecule has 16 heavy (non-hydrogen) atoms. The van der Waals surface area contributed by atoms with Gasteiger partial charge in [-0.25, -0.2) is 0 Å². The number of amides is 1. The molecule has 1 aromatic carbocycles. The molecular weight excluding hydrogens is 270 g/mol. The Morgan fingerprint density at radius 1 is 1.56 bits per heavy atom. The summed E-state index contributed by atoms with van der Waals surface area (Å²) in [6.45, 7) is 1.75. The van der Waals surface area contributed by atoms with Crippen molar-refractivity contribution in [1.82, 2.24) is 5.32 Å². The van der Waals surface area contributed by atoms with Crippen molar-refractivity contribution in [3.8, 4) is 0 Å². The SMILES string of the molecule is CC(CO)NC(=O)CCc1cccc(Br)c1. The summed E-state index contributed by atoms with van der Waals surface area (Å²) in [6.07, 6.45) is 1.16. The first-order valence-corrected chi connectivity index (χ1v) is 6.06. The predicted molar refractivity (Wildman–Crippen MR) is 67.2 cm³/mol. The Kier molecular flexibility index (Phi) is 5.49. The summed E-state index contributed by atoms with van der Waals surface area (Å²) < 4.78 is 1.02. The average Bonchev–Trinajstić information content (AvgIpc) is 2.26. The first kappa shape index (κ1) is 13.2. The van der Waals surface area contributed by atoms with Crippen LogP contribution in [0.15, 0.2) is 28.7 Å². The van der Waals surface area contributed by atoms with Gasteiger partial charge >= 0.3 is 0 Å². The van der Waals surface area contributed by atoms with Crippen LogP contribution in [0.3, 0.4) is 0 Å². The van der Waals surface area contributed by atoms with Gasteiger partial charge in [0, 0.05) is 16.9 Å². The Balaban J connectivity index is 2.37. The number of carbonyl (C=O) groups is 1. The van der Waals surface area contributed by atoms with Crippen LogP contribution in [-0.2, 0) is 11.2 Å². The number of halogens is 1. The average molecular weight is 286 g/mol. The minimum atomic E-state index is -0.171. The van der Waals surface area contributed by atoms with Crippen LogP contribution in [0.5, 0.6) is 0 Å². The monoisotopic (exact) mass is 285 g/mol. The molecule has 1 aromatic rings. The van der Waals surface area contributed by atoms with E-state index in [9.17, 15) is 4.79 Å². The number of aliphatic hydroxyl groups excluding tert-OH is 1. The van der Waals surface area contributed by atoms with Gasteiger partial charge in [0.25, 0.3) is 0 Å².